The van der Waals surface area contributed by atoms with Crippen molar-refractivity contribution in [1.82, 2.24) is 20.3 Å². The number of hydrogen-bond acceptors (Lipinski definition) is 7. The molecule has 10 nitrogen and oxygen atoms in total. The Morgan fingerprint density at radius 2 is 1.87 bits per heavy atom. The number of benzene rings is 2. The van der Waals surface area contributed by atoms with Gasteiger partial charge in [-0.1, -0.05) is 29.3 Å². The Morgan fingerprint density at radius 3 is 2.53 bits per heavy atom. The number of alkyl halides is 5. The minimum absolute atomic E-state index is 0.0102. The Balaban J connectivity index is 1.38. The molecule has 1 aliphatic heterocycles. The van der Waals surface area contributed by atoms with Crippen LogP contribution in [-0.2, 0) is 22.3 Å². The van der Waals surface area contributed by atoms with E-state index in [-0.39, 0.29) is 56.5 Å². The van der Waals surface area contributed by atoms with Gasteiger partial charge in [-0.25, -0.2) is 8.78 Å². The SMILES string of the molecule is O=C(Nc1ccc(C(F)(F)F)cc1)c1cc2[nH]c(Nc3c(Cl)ccc(CNC(=O)C4CCCO4)c3Cl)nc2nc1OCC(F)F. The number of rotatable bonds is 10. The molecular weight excluding hydrogens is 650 g/mol. The Morgan fingerprint density at radius 1 is 1.11 bits per heavy atom. The van der Waals surface area contributed by atoms with Crippen LogP contribution in [0.1, 0.15) is 34.3 Å². The van der Waals surface area contributed by atoms with Gasteiger partial charge in [0, 0.05) is 18.8 Å². The molecule has 4 aromatic rings. The highest BCUT2D eigenvalue weighted by molar-refractivity contribution is 6.39. The fourth-order valence-electron chi connectivity index (χ4n) is 4.39. The highest BCUT2D eigenvalue weighted by atomic mass is 35.5. The lowest BCUT2D eigenvalue weighted by atomic mass is 10.1. The van der Waals surface area contributed by atoms with E-state index in [0.29, 0.717) is 18.6 Å². The number of amides is 2. The molecule has 1 fully saturated rings. The lowest BCUT2D eigenvalue weighted by molar-refractivity contribution is -0.137. The van der Waals surface area contributed by atoms with Crippen LogP contribution in [0.4, 0.5) is 39.3 Å². The molecular formula is C28H23Cl2F5N6O4. The molecule has 238 valence electrons. The van der Waals surface area contributed by atoms with E-state index >= 15 is 0 Å². The van der Waals surface area contributed by atoms with Gasteiger partial charge in [-0.2, -0.15) is 23.1 Å². The number of fused-ring (bicyclic) bond motifs is 1. The molecule has 4 N–H and O–H groups in total. The first-order chi connectivity index (χ1) is 21.4. The Labute approximate surface area is 261 Å². The molecule has 3 heterocycles. The van der Waals surface area contributed by atoms with Gasteiger partial charge in [-0.3, -0.25) is 9.59 Å². The molecule has 0 radical (unpaired) electrons. The molecule has 1 aliphatic rings. The molecule has 0 aliphatic carbocycles. The number of halogens is 7. The summed E-state index contributed by atoms with van der Waals surface area (Å²) >= 11 is 13.0. The summed E-state index contributed by atoms with van der Waals surface area (Å²) in [5, 5.41) is 8.49. The summed E-state index contributed by atoms with van der Waals surface area (Å²) in [6, 6.07) is 8.08. The van der Waals surface area contributed by atoms with Crippen molar-refractivity contribution >= 4 is 63.5 Å². The largest absolute Gasteiger partial charge is 0.471 e. The maximum atomic E-state index is 13.1. The molecule has 45 heavy (non-hydrogen) atoms. The number of carbonyl (C=O) groups is 2. The number of hydrogen-bond donors (Lipinski definition) is 4. The van der Waals surface area contributed by atoms with Gasteiger partial charge >= 0.3 is 6.18 Å². The smallest absolute Gasteiger partial charge is 0.416 e. The molecule has 1 unspecified atom stereocenters. The van der Waals surface area contributed by atoms with E-state index in [1.54, 1.807) is 12.1 Å². The van der Waals surface area contributed by atoms with Gasteiger partial charge in [0.1, 0.15) is 11.7 Å². The van der Waals surface area contributed by atoms with E-state index in [9.17, 15) is 31.5 Å². The topological polar surface area (TPSA) is 130 Å². The summed E-state index contributed by atoms with van der Waals surface area (Å²) in [4.78, 5) is 36.6. The molecule has 0 saturated carbocycles. The molecule has 0 bridgehead atoms. The highest BCUT2D eigenvalue weighted by Crippen LogP contribution is 2.36. The van der Waals surface area contributed by atoms with Gasteiger partial charge in [0.2, 0.25) is 17.7 Å². The molecule has 1 saturated heterocycles. The van der Waals surface area contributed by atoms with Crippen molar-refractivity contribution in [1.29, 1.82) is 0 Å². The van der Waals surface area contributed by atoms with Crippen LogP contribution in [0.3, 0.4) is 0 Å². The van der Waals surface area contributed by atoms with Crippen LogP contribution < -0.4 is 20.7 Å². The number of nitrogens with one attached hydrogen (secondary N) is 4. The molecule has 2 amide bonds. The minimum atomic E-state index is -4.57. The number of aromatic nitrogens is 3. The van der Waals surface area contributed by atoms with Gasteiger partial charge in [0.25, 0.3) is 12.3 Å². The van der Waals surface area contributed by atoms with Gasteiger partial charge in [0.15, 0.2) is 12.3 Å². The molecule has 2 aromatic heterocycles. The number of nitrogens with zero attached hydrogens (tertiary/aromatic N) is 2. The van der Waals surface area contributed by atoms with Crippen molar-refractivity contribution in [3.63, 3.8) is 0 Å². The van der Waals surface area contributed by atoms with E-state index in [1.807, 2.05) is 0 Å². The number of aromatic amines is 1. The second kappa shape index (κ2) is 13.4. The number of ether oxygens (including phenoxy) is 2. The third kappa shape index (κ3) is 7.72. The van der Waals surface area contributed by atoms with Crippen molar-refractivity contribution in [2.24, 2.45) is 0 Å². The zero-order valence-corrected chi connectivity index (χ0v) is 24.4. The van der Waals surface area contributed by atoms with Crippen molar-refractivity contribution in [3.8, 4) is 5.88 Å². The van der Waals surface area contributed by atoms with Crippen molar-refractivity contribution in [3.05, 3.63) is 69.2 Å². The van der Waals surface area contributed by atoms with Gasteiger partial charge in [0.05, 0.1) is 26.8 Å². The zero-order valence-electron chi connectivity index (χ0n) is 22.9. The lowest BCUT2D eigenvalue weighted by Crippen LogP contribution is -2.33. The van der Waals surface area contributed by atoms with Crippen LogP contribution in [-0.4, -0.2) is 52.5 Å². The molecule has 17 heteroatoms. The van der Waals surface area contributed by atoms with E-state index in [2.05, 4.69) is 30.9 Å². The fourth-order valence-corrected chi connectivity index (χ4v) is 4.92. The summed E-state index contributed by atoms with van der Waals surface area (Å²) in [5.74, 6) is -1.58. The van der Waals surface area contributed by atoms with Gasteiger partial charge in [-0.05, 0) is 54.8 Å². The highest BCUT2D eigenvalue weighted by Gasteiger charge is 2.30. The van der Waals surface area contributed by atoms with Crippen LogP contribution in [0.2, 0.25) is 10.0 Å². The first kappa shape index (κ1) is 32.2. The third-order valence-corrected chi connectivity index (χ3v) is 7.34. The van der Waals surface area contributed by atoms with Crippen LogP contribution in [0, 0.1) is 0 Å². The number of imidazole rings is 1. The second-order valence-electron chi connectivity index (χ2n) is 9.77. The summed E-state index contributed by atoms with van der Waals surface area (Å²) in [6.45, 7) is -0.477. The van der Waals surface area contributed by atoms with E-state index in [0.717, 1.165) is 30.7 Å². The van der Waals surface area contributed by atoms with Crippen molar-refractivity contribution < 1.29 is 41.0 Å². The van der Waals surface area contributed by atoms with Crippen LogP contribution >= 0.6 is 23.2 Å². The van der Waals surface area contributed by atoms with Crippen LogP contribution in [0.25, 0.3) is 11.2 Å². The molecule has 0 spiro atoms. The Hall–Kier alpha value is -4.21. The molecule has 2 aromatic carbocycles. The molecule has 1 atom stereocenters. The second-order valence-corrected chi connectivity index (χ2v) is 10.6. The Bertz CT molecular complexity index is 1710. The summed E-state index contributed by atoms with van der Waals surface area (Å²) in [5.41, 5.74) is -0.290. The molecule has 5 rings (SSSR count). The fraction of sp³-hybridized carbons (Fsp3) is 0.286. The summed E-state index contributed by atoms with van der Waals surface area (Å²) in [7, 11) is 0. The predicted octanol–water partition coefficient (Wildman–Crippen LogP) is 6.72. The average Bonchev–Trinajstić information content (AvgIpc) is 3.67. The number of H-pyrrole nitrogens is 1. The van der Waals surface area contributed by atoms with Crippen molar-refractivity contribution in [2.75, 3.05) is 23.8 Å². The van der Waals surface area contributed by atoms with Crippen molar-refractivity contribution in [2.45, 2.75) is 38.1 Å². The minimum Gasteiger partial charge on any atom is -0.471 e. The maximum Gasteiger partial charge on any atom is 0.416 e. The van der Waals surface area contributed by atoms with E-state index in [4.69, 9.17) is 32.7 Å². The summed E-state index contributed by atoms with van der Waals surface area (Å²) < 4.78 is 75.0. The summed E-state index contributed by atoms with van der Waals surface area (Å²) in [6.07, 6.45) is -6.56. The Kier molecular flexibility index (Phi) is 9.60. The first-order valence-electron chi connectivity index (χ1n) is 13.3. The number of anilines is 3. The van der Waals surface area contributed by atoms with E-state index in [1.165, 1.54) is 6.07 Å². The predicted molar refractivity (Wildman–Crippen MR) is 155 cm³/mol. The van der Waals surface area contributed by atoms with E-state index < -0.39 is 42.7 Å². The third-order valence-electron chi connectivity index (χ3n) is 6.59. The van der Waals surface area contributed by atoms with Gasteiger partial charge < -0.3 is 30.4 Å². The average molecular weight is 673 g/mol. The van der Waals surface area contributed by atoms with Crippen LogP contribution in [0.5, 0.6) is 5.88 Å². The number of pyridine rings is 1. The van der Waals surface area contributed by atoms with Gasteiger partial charge in [-0.15, -0.1) is 0 Å². The first-order valence-corrected chi connectivity index (χ1v) is 14.1. The number of carbonyl (C=O) groups excluding carboxylic acids is 2. The quantitative estimate of drug-likeness (QED) is 0.138. The monoisotopic (exact) mass is 672 g/mol. The normalized spacial score (nSPS) is 15.0. The standard InChI is InChI=1S/C28H23Cl2F5N6O4/c29-17-8-3-13(11-36-25(43)19-2-1-9-44-19)21(30)22(17)39-27-38-18-10-16(26(40-23(18)41-27)45-12-20(31)32)24(42)37-15-6-4-14(5-7-15)28(33,34)35/h3-8,10,19-20H,1-2,9,11-12H2,(H,36,43)(H,37,42)(H2,38,39,40,41). The lowest BCUT2D eigenvalue weighted by Gasteiger charge is -2.14. The maximum absolute atomic E-state index is 13.1. The van der Waals surface area contributed by atoms with Crippen LogP contribution in [0.15, 0.2) is 42.5 Å². The zero-order chi connectivity index (χ0) is 32.3.